The second-order valence-electron chi connectivity index (χ2n) is 6.90. The van der Waals surface area contributed by atoms with Gasteiger partial charge < -0.3 is 15.4 Å². The number of amides is 2. The predicted octanol–water partition coefficient (Wildman–Crippen LogP) is 3.94. The zero-order valence-electron chi connectivity index (χ0n) is 15.4. The molecule has 2 N–H and O–H groups in total. The Kier molecular flexibility index (Phi) is 8.69. The van der Waals surface area contributed by atoms with Crippen molar-refractivity contribution in [3.63, 3.8) is 0 Å². The molecule has 1 heterocycles. The molecule has 0 aromatic carbocycles. The average Bonchev–Trinajstić information content (AvgIpc) is 2.54. The van der Waals surface area contributed by atoms with Gasteiger partial charge in [-0.15, -0.1) is 0 Å². The van der Waals surface area contributed by atoms with Crippen LogP contribution in [0.1, 0.15) is 63.2 Å². The van der Waals surface area contributed by atoms with Crippen LogP contribution in [-0.2, 0) is 4.74 Å². The molecule has 0 bridgehead atoms. The van der Waals surface area contributed by atoms with Gasteiger partial charge in [0.25, 0.3) is 5.91 Å². The fourth-order valence-corrected chi connectivity index (χ4v) is 2.62. The molecule has 140 valence electrons. The lowest BCUT2D eigenvalue weighted by atomic mass is 9.96. The first kappa shape index (κ1) is 21.2. The maximum atomic E-state index is 11.4. The van der Waals surface area contributed by atoms with E-state index in [9.17, 15) is 9.59 Å². The van der Waals surface area contributed by atoms with E-state index in [-0.39, 0.29) is 17.2 Å². The number of carbonyl (C=O) groups is 2. The van der Waals surface area contributed by atoms with Gasteiger partial charge in [-0.25, -0.2) is 9.78 Å². The summed E-state index contributed by atoms with van der Waals surface area (Å²) in [7, 11) is 1.55. The van der Waals surface area contributed by atoms with Gasteiger partial charge in [0.05, 0.1) is 5.56 Å². The quantitative estimate of drug-likeness (QED) is 0.774. The Bertz CT molecular complexity index is 567. The Hall–Kier alpha value is -1.82. The van der Waals surface area contributed by atoms with Crippen LogP contribution in [0.15, 0.2) is 18.3 Å². The fourth-order valence-electron chi connectivity index (χ4n) is 2.41. The van der Waals surface area contributed by atoms with E-state index in [4.69, 9.17) is 16.3 Å². The number of nitrogens with zero attached hydrogens (tertiary/aromatic N) is 1. The Morgan fingerprint density at radius 1 is 1.24 bits per heavy atom. The topological polar surface area (TPSA) is 80.3 Å². The number of hydrogen-bond acceptors (Lipinski definition) is 4. The van der Waals surface area contributed by atoms with Crippen molar-refractivity contribution in [2.75, 3.05) is 7.05 Å². The molecule has 0 unspecified atom stereocenters. The van der Waals surface area contributed by atoms with Crippen LogP contribution in [0, 0.1) is 0 Å². The zero-order chi connectivity index (χ0) is 18.9. The number of halogens is 1. The van der Waals surface area contributed by atoms with Gasteiger partial charge in [-0.3, -0.25) is 4.79 Å². The molecule has 1 fully saturated rings. The minimum Gasteiger partial charge on any atom is -0.444 e. The lowest BCUT2D eigenvalue weighted by Gasteiger charge is -2.25. The van der Waals surface area contributed by atoms with E-state index in [0.29, 0.717) is 11.6 Å². The summed E-state index contributed by atoms with van der Waals surface area (Å²) < 4.78 is 5.19. The third-order valence-corrected chi connectivity index (χ3v) is 3.86. The number of pyridine rings is 1. The van der Waals surface area contributed by atoms with Crippen molar-refractivity contribution >= 4 is 23.6 Å². The van der Waals surface area contributed by atoms with Gasteiger partial charge in [-0.2, -0.15) is 0 Å². The second kappa shape index (κ2) is 10.2. The third-order valence-electron chi connectivity index (χ3n) is 3.56. The highest BCUT2D eigenvalue weighted by Gasteiger charge is 2.20. The van der Waals surface area contributed by atoms with Crippen molar-refractivity contribution in [1.82, 2.24) is 15.6 Å². The maximum Gasteiger partial charge on any atom is 0.407 e. The van der Waals surface area contributed by atoms with E-state index >= 15 is 0 Å². The Balaban J connectivity index is 0.000000257. The van der Waals surface area contributed by atoms with Crippen LogP contribution in [0.4, 0.5) is 4.79 Å². The number of rotatable bonds is 2. The van der Waals surface area contributed by atoms with Gasteiger partial charge in [0.2, 0.25) is 0 Å². The number of ether oxygens (including phenoxy) is 1. The predicted molar refractivity (Wildman–Crippen MR) is 98.9 cm³/mol. The number of carbonyl (C=O) groups excluding carboxylic acids is 2. The molecule has 7 heteroatoms. The van der Waals surface area contributed by atoms with E-state index in [2.05, 4.69) is 15.6 Å². The van der Waals surface area contributed by atoms with Crippen molar-refractivity contribution in [3.05, 3.63) is 29.0 Å². The summed E-state index contributed by atoms with van der Waals surface area (Å²) in [6, 6.07) is 3.61. The molecule has 0 radical (unpaired) electrons. The van der Waals surface area contributed by atoms with Crippen LogP contribution in [0.2, 0.25) is 5.15 Å². The smallest absolute Gasteiger partial charge is 0.407 e. The van der Waals surface area contributed by atoms with Gasteiger partial charge in [0, 0.05) is 19.3 Å². The largest absolute Gasteiger partial charge is 0.444 e. The van der Waals surface area contributed by atoms with Crippen molar-refractivity contribution in [3.8, 4) is 0 Å². The van der Waals surface area contributed by atoms with E-state index < -0.39 is 5.60 Å². The third kappa shape index (κ3) is 8.72. The molecule has 0 atom stereocenters. The lowest BCUT2D eigenvalue weighted by molar-refractivity contribution is 0.0493. The van der Waals surface area contributed by atoms with E-state index in [1.165, 1.54) is 25.5 Å². The number of aromatic nitrogens is 1. The van der Waals surface area contributed by atoms with Crippen LogP contribution in [-0.4, -0.2) is 35.7 Å². The summed E-state index contributed by atoms with van der Waals surface area (Å²) >= 11 is 5.63. The second-order valence-corrected chi connectivity index (χ2v) is 7.26. The van der Waals surface area contributed by atoms with Gasteiger partial charge in [-0.05, 0) is 45.7 Å². The Morgan fingerprint density at radius 2 is 1.88 bits per heavy atom. The molecule has 1 aliphatic rings. The van der Waals surface area contributed by atoms with E-state index in [0.717, 1.165) is 12.8 Å². The molecule has 0 spiro atoms. The summed E-state index contributed by atoms with van der Waals surface area (Å²) in [5.41, 5.74) is 0.00956. The summed E-state index contributed by atoms with van der Waals surface area (Å²) in [5.74, 6) is -0.219. The molecule has 0 aliphatic heterocycles. The first-order valence-electron chi connectivity index (χ1n) is 8.55. The Morgan fingerprint density at radius 3 is 2.40 bits per heavy atom. The highest BCUT2D eigenvalue weighted by molar-refractivity contribution is 6.32. The van der Waals surface area contributed by atoms with E-state index in [1.807, 2.05) is 20.8 Å². The molecule has 2 rings (SSSR count). The average molecular weight is 370 g/mol. The van der Waals surface area contributed by atoms with Gasteiger partial charge in [0.1, 0.15) is 10.8 Å². The van der Waals surface area contributed by atoms with Crippen molar-refractivity contribution in [1.29, 1.82) is 0 Å². The molecule has 2 amide bonds. The van der Waals surface area contributed by atoms with E-state index in [1.54, 1.807) is 19.2 Å². The van der Waals surface area contributed by atoms with Crippen LogP contribution in [0.3, 0.4) is 0 Å². The molecule has 1 aromatic rings. The normalized spacial score (nSPS) is 14.8. The summed E-state index contributed by atoms with van der Waals surface area (Å²) in [5, 5.41) is 5.60. The highest BCUT2D eigenvalue weighted by atomic mass is 35.5. The first-order chi connectivity index (χ1) is 11.7. The molecule has 1 aliphatic carbocycles. The van der Waals surface area contributed by atoms with Gasteiger partial charge >= 0.3 is 6.09 Å². The molecule has 1 saturated carbocycles. The molecular formula is C18H28ClN3O3. The fraction of sp³-hybridized carbons (Fsp3) is 0.611. The van der Waals surface area contributed by atoms with Crippen LogP contribution < -0.4 is 10.6 Å². The minimum atomic E-state index is -0.390. The first-order valence-corrected chi connectivity index (χ1v) is 8.93. The molecular weight excluding hydrogens is 342 g/mol. The number of alkyl carbamates (subject to hydrolysis) is 1. The minimum absolute atomic E-state index is 0.219. The summed E-state index contributed by atoms with van der Waals surface area (Å²) in [6.07, 6.45) is 7.20. The zero-order valence-corrected chi connectivity index (χ0v) is 16.2. The summed E-state index contributed by atoms with van der Waals surface area (Å²) in [4.78, 5) is 26.1. The van der Waals surface area contributed by atoms with Crippen molar-refractivity contribution in [2.24, 2.45) is 0 Å². The molecule has 0 saturated heterocycles. The summed E-state index contributed by atoms with van der Waals surface area (Å²) in [6.45, 7) is 5.65. The molecule has 25 heavy (non-hydrogen) atoms. The van der Waals surface area contributed by atoms with Crippen LogP contribution >= 0.6 is 11.6 Å². The molecule has 1 aromatic heterocycles. The van der Waals surface area contributed by atoms with Crippen molar-refractivity contribution in [2.45, 2.75) is 64.5 Å². The SMILES string of the molecule is CC(C)(C)OC(=O)NC1CCCCC1.CNC(=O)c1cccnc1Cl. The number of nitrogens with one attached hydrogen (secondary N) is 2. The highest BCUT2D eigenvalue weighted by Crippen LogP contribution is 2.18. The van der Waals surface area contributed by atoms with Crippen molar-refractivity contribution < 1.29 is 14.3 Å². The monoisotopic (exact) mass is 369 g/mol. The lowest BCUT2D eigenvalue weighted by Crippen LogP contribution is -2.39. The standard InChI is InChI=1S/C11H21NO2.C7H7ClN2O/c1-11(2,3)14-10(13)12-9-7-5-4-6-8-9;1-9-7(11)5-3-2-4-10-6(5)8/h9H,4-8H2,1-3H3,(H,12,13);2-4H,1H3,(H,9,11). The number of hydrogen-bond donors (Lipinski definition) is 2. The maximum absolute atomic E-state index is 11.4. The van der Waals surface area contributed by atoms with Gasteiger partial charge in [-0.1, -0.05) is 30.9 Å². The van der Waals surface area contributed by atoms with Crippen LogP contribution in [0.25, 0.3) is 0 Å². The van der Waals surface area contributed by atoms with Crippen LogP contribution in [0.5, 0.6) is 0 Å². The Labute approximate surface area is 154 Å². The van der Waals surface area contributed by atoms with Gasteiger partial charge in [0.15, 0.2) is 0 Å². The molecule has 6 nitrogen and oxygen atoms in total.